The van der Waals surface area contributed by atoms with Crippen LogP contribution in [0.1, 0.15) is 6.92 Å². The van der Waals surface area contributed by atoms with Crippen molar-refractivity contribution in [2.24, 2.45) is 0 Å². The van der Waals surface area contributed by atoms with E-state index in [1.54, 1.807) is 12.4 Å². The summed E-state index contributed by atoms with van der Waals surface area (Å²) in [6, 6.07) is 5.03. The lowest BCUT2D eigenvalue weighted by molar-refractivity contribution is -0.137. The van der Waals surface area contributed by atoms with Gasteiger partial charge in [0.05, 0.1) is 21.4 Å². The highest BCUT2D eigenvalue weighted by Crippen LogP contribution is 2.26. The largest absolute Gasteiger partial charge is 0.480 e. The third-order valence-electron chi connectivity index (χ3n) is 2.10. The third-order valence-corrected chi connectivity index (χ3v) is 2.97. The van der Waals surface area contributed by atoms with E-state index in [4.69, 9.17) is 5.11 Å². The van der Waals surface area contributed by atoms with E-state index in [9.17, 15) is 4.79 Å². The standard InChI is InChI=1S/C10H10N2O2S/c1-6(10(13)14)12-8-4-2-3-7-9(8)15-5-11-7/h2-6,12H,1H3,(H,13,14). The van der Waals surface area contributed by atoms with Crippen molar-refractivity contribution >= 4 is 33.2 Å². The molecule has 5 heteroatoms. The Kier molecular flexibility index (Phi) is 2.55. The maximum atomic E-state index is 10.7. The Morgan fingerprint density at radius 1 is 1.60 bits per heavy atom. The number of benzene rings is 1. The fraction of sp³-hybridized carbons (Fsp3) is 0.200. The predicted molar refractivity (Wildman–Crippen MR) is 60.3 cm³/mol. The van der Waals surface area contributed by atoms with Crippen LogP contribution in [0.2, 0.25) is 0 Å². The number of thiazole rings is 1. The lowest BCUT2D eigenvalue weighted by Crippen LogP contribution is -2.25. The normalized spacial score (nSPS) is 12.6. The molecule has 0 radical (unpaired) electrons. The number of anilines is 1. The van der Waals surface area contributed by atoms with Gasteiger partial charge >= 0.3 is 5.97 Å². The van der Waals surface area contributed by atoms with Crippen LogP contribution in [0.5, 0.6) is 0 Å². The maximum absolute atomic E-state index is 10.7. The minimum absolute atomic E-state index is 0.599. The van der Waals surface area contributed by atoms with E-state index in [0.29, 0.717) is 0 Å². The topological polar surface area (TPSA) is 62.2 Å². The van der Waals surface area contributed by atoms with Gasteiger partial charge < -0.3 is 10.4 Å². The van der Waals surface area contributed by atoms with Gasteiger partial charge in [0.1, 0.15) is 6.04 Å². The second-order valence-electron chi connectivity index (χ2n) is 3.21. The Morgan fingerprint density at radius 3 is 3.13 bits per heavy atom. The summed E-state index contributed by atoms with van der Waals surface area (Å²) in [6.45, 7) is 1.61. The predicted octanol–water partition coefficient (Wildman–Crippen LogP) is 2.18. The molecule has 78 valence electrons. The third kappa shape index (κ3) is 1.92. The highest BCUT2D eigenvalue weighted by atomic mass is 32.1. The van der Waals surface area contributed by atoms with Gasteiger partial charge in [-0.05, 0) is 19.1 Å². The molecular weight excluding hydrogens is 212 g/mol. The minimum Gasteiger partial charge on any atom is -0.480 e. The van der Waals surface area contributed by atoms with Crippen molar-refractivity contribution in [3.05, 3.63) is 23.7 Å². The molecule has 1 aromatic carbocycles. The van der Waals surface area contributed by atoms with Crippen molar-refractivity contribution in [2.75, 3.05) is 5.32 Å². The molecule has 2 N–H and O–H groups in total. The average molecular weight is 222 g/mol. The van der Waals surface area contributed by atoms with E-state index in [2.05, 4.69) is 10.3 Å². The van der Waals surface area contributed by atoms with E-state index < -0.39 is 12.0 Å². The van der Waals surface area contributed by atoms with Gasteiger partial charge in [-0.3, -0.25) is 4.79 Å². The highest BCUT2D eigenvalue weighted by Gasteiger charge is 2.12. The van der Waals surface area contributed by atoms with Gasteiger partial charge in [-0.2, -0.15) is 0 Å². The molecule has 0 spiro atoms. The molecule has 4 nitrogen and oxygen atoms in total. The summed E-state index contributed by atoms with van der Waals surface area (Å²) in [5.74, 6) is -0.864. The van der Waals surface area contributed by atoms with Crippen molar-refractivity contribution in [2.45, 2.75) is 13.0 Å². The minimum atomic E-state index is -0.864. The molecule has 15 heavy (non-hydrogen) atoms. The summed E-state index contributed by atoms with van der Waals surface area (Å²) >= 11 is 1.50. The van der Waals surface area contributed by atoms with Crippen LogP contribution in [0.25, 0.3) is 10.2 Å². The summed E-state index contributed by atoms with van der Waals surface area (Å²) in [5, 5.41) is 11.7. The van der Waals surface area contributed by atoms with E-state index in [1.807, 2.05) is 18.2 Å². The lowest BCUT2D eigenvalue weighted by Gasteiger charge is -2.10. The zero-order valence-electron chi connectivity index (χ0n) is 8.10. The molecule has 0 saturated carbocycles. The lowest BCUT2D eigenvalue weighted by atomic mass is 10.2. The van der Waals surface area contributed by atoms with Crippen LogP contribution in [0.15, 0.2) is 23.7 Å². The van der Waals surface area contributed by atoms with E-state index >= 15 is 0 Å². The maximum Gasteiger partial charge on any atom is 0.325 e. The first-order valence-corrected chi connectivity index (χ1v) is 5.38. The molecule has 1 aromatic heterocycles. The molecule has 0 amide bonds. The second-order valence-corrected chi connectivity index (χ2v) is 4.07. The molecule has 0 aliphatic heterocycles. The number of hydrogen-bond donors (Lipinski definition) is 2. The number of carbonyl (C=O) groups is 1. The first kappa shape index (κ1) is 9.92. The van der Waals surface area contributed by atoms with Crippen LogP contribution in [0.4, 0.5) is 5.69 Å². The summed E-state index contributed by atoms with van der Waals surface area (Å²) in [6.07, 6.45) is 0. The van der Waals surface area contributed by atoms with Crippen LogP contribution in [0, 0.1) is 0 Å². The number of aromatic nitrogens is 1. The fourth-order valence-corrected chi connectivity index (χ4v) is 2.06. The van der Waals surface area contributed by atoms with Crippen LogP contribution in [0.3, 0.4) is 0 Å². The summed E-state index contributed by atoms with van der Waals surface area (Å²) in [5.41, 5.74) is 3.47. The average Bonchev–Trinajstić information content (AvgIpc) is 2.66. The van der Waals surface area contributed by atoms with Crippen LogP contribution < -0.4 is 5.32 Å². The Morgan fingerprint density at radius 2 is 2.40 bits per heavy atom. The quantitative estimate of drug-likeness (QED) is 0.835. The number of hydrogen-bond acceptors (Lipinski definition) is 4. The smallest absolute Gasteiger partial charge is 0.325 e. The Hall–Kier alpha value is -1.62. The second kappa shape index (κ2) is 3.86. The SMILES string of the molecule is CC(Nc1cccc2ncsc12)C(=O)O. The highest BCUT2D eigenvalue weighted by molar-refractivity contribution is 7.17. The van der Waals surface area contributed by atoms with E-state index in [0.717, 1.165) is 15.9 Å². The monoisotopic (exact) mass is 222 g/mol. The number of carboxylic acids is 1. The van der Waals surface area contributed by atoms with Crippen molar-refractivity contribution in [1.29, 1.82) is 0 Å². The number of aliphatic carboxylic acids is 1. The van der Waals surface area contributed by atoms with Crippen LogP contribution >= 0.6 is 11.3 Å². The van der Waals surface area contributed by atoms with Gasteiger partial charge in [0, 0.05) is 0 Å². The van der Waals surface area contributed by atoms with Gasteiger partial charge in [-0.15, -0.1) is 11.3 Å². The number of carboxylic acid groups (broad SMARTS) is 1. The molecule has 0 bridgehead atoms. The Labute approximate surface area is 90.6 Å². The number of fused-ring (bicyclic) bond motifs is 1. The summed E-state index contributed by atoms with van der Waals surface area (Å²) in [7, 11) is 0. The van der Waals surface area contributed by atoms with Crippen LogP contribution in [-0.4, -0.2) is 22.1 Å². The molecule has 1 heterocycles. The van der Waals surface area contributed by atoms with Gasteiger partial charge in [0.2, 0.25) is 0 Å². The van der Waals surface area contributed by atoms with Gasteiger partial charge in [0.15, 0.2) is 0 Å². The van der Waals surface area contributed by atoms with E-state index in [1.165, 1.54) is 11.3 Å². The van der Waals surface area contributed by atoms with Crippen molar-refractivity contribution in [1.82, 2.24) is 4.98 Å². The van der Waals surface area contributed by atoms with Gasteiger partial charge in [-0.1, -0.05) is 6.07 Å². The molecular formula is C10H10N2O2S. The Bertz CT molecular complexity index is 495. The Balaban J connectivity index is 2.35. The molecule has 0 aliphatic carbocycles. The van der Waals surface area contributed by atoms with Crippen LogP contribution in [-0.2, 0) is 4.79 Å². The van der Waals surface area contributed by atoms with Gasteiger partial charge in [-0.25, -0.2) is 4.98 Å². The first-order chi connectivity index (χ1) is 7.18. The van der Waals surface area contributed by atoms with Gasteiger partial charge in [0.25, 0.3) is 0 Å². The number of nitrogens with one attached hydrogen (secondary N) is 1. The first-order valence-electron chi connectivity index (χ1n) is 4.50. The molecule has 2 aromatic rings. The summed E-state index contributed by atoms with van der Waals surface area (Å²) in [4.78, 5) is 14.9. The van der Waals surface area contributed by atoms with Crippen molar-refractivity contribution in [3.8, 4) is 0 Å². The van der Waals surface area contributed by atoms with Crippen molar-refractivity contribution in [3.63, 3.8) is 0 Å². The molecule has 0 aliphatic rings. The molecule has 0 saturated heterocycles. The number of nitrogens with zero attached hydrogens (tertiary/aromatic N) is 1. The fourth-order valence-electron chi connectivity index (χ4n) is 1.29. The zero-order chi connectivity index (χ0) is 10.8. The van der Waals surface area contributed by atoms with E-state index in [-0.39, 0.29) is 0 Å². The molecule has 1 atom stereocenters. The number of rotatable bonds is 3. The molecule has 2 rings (SSSR count). The zero-order valence-corrected chi connectivity index (χ0v) is 8.91. The summed E-state index contributed by atoms with van der Waals surface area (Å²) < 4.78 is 0.991. The molecule has 1 unspecified atom stereocenters. The molecule has 0 fully saturated rings. The van der Waals surface area contributed by atoms with Crippen molar-refractivity contribution < 1.29 is 9.90 Å².